The average molecular weight is 327 g/mol. The zero-order valence-corrected chi connectivity index (χ0v) is 13.3. The van der Waals surface area contributed by atoms with Gasteiger partial charge in [-0.3, -0.25) is 0 Å². The molecular weight excluding hydrogens is 309 g/mol. The summed E-state index contributed by atoms with van der Waals surface area (Å²) in [7, 11) is 0. The molecule has 2 N–H and O–H groups in total. The van der Waals surface area contributed by atoms with E-state index in [0.717, 1.165) is 11.1 Å². The Balaban J connectivity index is 2.04. The predicted molar refractivity (Wildman–Crippen MR) is 91.8 cm³/mol. The first-order valence-electron chi connectivity index (χ1n) is 7.55. The highest BCUT2D eigenvalue weighted by Gasteiger charge is 2.22. The predicted octanol–water partition coefficient (Wildman–Crippen LogP) is 4.09. The fourth-order valence-corrected chi connectivity index (χ4v) is 2.49. The van der Waals surface area contributed by atoms with E-state index in [9.17, 15) is 4.39 Å². The number of halogens is 1. The molecule has 2 aromatic carbocycles. The van der Waals surface area contributed by atoms with Crippen LogP contribution in [0.25, 0.3) is 5.76 Å². The Labute approximate surface area is 140 Å². The summed E-state index contributed by atoms with van der Waals surface area (Å²) < 4.78 is 31.0. The highest BCUT2D eigenvalue weighted by molar-refractivity contribution is 5.74. The van der Waals surface area contributed by atoms with Crippen molar-refractivity contribution in [2.45, 2.75) is 6.92 Å². The maximum atomic E-state index is 13.7. The first kappa shape index (κ1) is 15.9. The van der Waals surface area contributed by atoms with Crippen molar-refractivity contribution in [2.24, 2.45) is 0 Å². The van der Waals surface area contributed by atoms with E-state index in [0.29, 0.717) is 36.2 Å². The summed E-state index contributed by atoms with van der Waals surface area (Å²) in [6.45, 7) is 6.62. The second-order valence-electron chi connectivity index (χ2n) is 5.33. The fraction of sp³-hybridized carbons (Fsp3) is 0.158. The van der Waals surface area contributed by atoms with E-state index in [4.69, 9.17) is 19.9 Å². The largest absolute Gasteiger partial charge is 0.486 e. The molecule has 2 aromatic rings. The standard InChI is InChI=1S/C19H18FNO3/c1-3-4-16(24-13-6-7-15(21)14(20)11-13)18-12(2)5-8-17-19(18)23-10-9-22-17/h3-8,11H,1,9-10,21H2,2H3/b16-4+. The van der Waals surface area contributed by atoms with Crippen LogP contribution < -0.4 is 19.9 Å². The monoisotopic (exact) mass is 327 g/mol. The van der Waals surface area contributed by atoms with Gasteiger partial charge >= 0.3 is 0 Å². The first-order chi connectivity index (χ1) is 11.6. The molecule has 0 unspecified atom stereocenters. The smallest absolute Gasteiger partial charge is 0.172 e. The van der Waals surface area contributed by atoms with Crippen molar-refractivity contribution < 1.29 is 18.6 Å². The summed E-state index contributed by atoms with van der Waals surface area (Å²) in [4.78, 5) is 0. The van der Waals surface area contributed by atoms with Gasteiger partial charge in [-0.15, -0.1) is 0 Å². The van der Waals surface area contributed by atoms with E-state index in [1.165, 1.54) is 12.1 Å². The normalized spacial score (nSPS) is 13.5. The molecule has 1 aliphatic heterocycles. The molecule has 0 atom stereocenters. The third kappa shape index (κ3) is 3.06. The summed E-state index contributed by atoms with van der Waals surface area (Å²) in [6.07, 6.45) is 3.31. The molecule has 0 saturated heterocycles. The van der Waals surface area contributed by atoms with Crippen LogP contribution >= 0.6 is 0 Å². The van der Waals surface area contributed by atoms with Crippen LogP contribution in [-0.4, -0.2) is 13.2 Å². The molecule has 4 nitrogen and oxygen atoms in total. The van der Waals surface area contributed by atoms with E-state index in [1.54, 1.807) is 18.2 Å². The maximum Gasteiger partial charge on any atom is 0.172 e. The van der Waals surface area contributed by atoms with E-state index >= 15 is 0 Å². The van der Waals surface area contributed by atoms with Gasteiger partial charge < -0.3 is 19.9 Å². The van der Waals surface area contributed by atoms with Crippen molar-refractivity contribution in [1.29, 1.82) is 0 Å². The second kappa shape index (κ2) is 6.66. The summed E-state index contributed by atoms with van der Waals surface area (Å²) in [5.41, 5.74) is 7.28. The Morgan fingerprint density at radius 2 is 2.04 bits per heavy atom. The van der Waals surface area contributed by atoms with Gasteiger partial charge in [-0.1, -0.05) is 18.7 Å². The van der Waals surface area contributed by atoms with E-state index in [2.05, 4.69) is 6.58 Å². The molecule has 0 aromatic heterocycles. The number of benzene rings is 2. The van der Waals surface area contributed by atoms with Gasteiger partial charge in [0.15, 0.2) is 11.5 Å². The molecule has 0 saturated carbocycles. The SMILES string of the molecule is C=C/C=C(/Oc1ccc(N)c(F)c1)c1c(C)ccc2c1OCCO2. The molecule has 24 heavy (non-hydrogen) atoms. The molecule has 0 bridgehead atoms. The zero-order valence-electron chi connectivity index (χ0n) is 13.3. The van der Waals surface area contributed by atoms with Crippen LogP contribution in [0.15, 0.2) is 49.1 Å². The number of allylic oxidation sites excluding steroid dienone is 2. The van der Waals surface area contributed by atoms with Crippen LogP contribution in [0.3, 0.4) is 0 Å². The van der Waals surface area contributed by atoms with Gasteiger partial charge in [0.25, 0.3) is 0 Å². The van der Waals surface area contributed by atoms with Gasteiger partial charge in [-0.2, -0.15) is 0 Å². The minimum absolute atomic E-state index is 0.0709. The highest BCUT2D eigenvalue weighted by Crippen LogP contribution is 2.40. The van der Waals surface area contributed by atoms with E-state index in [1.807, 2.05) is 19.1 Å². The van der Waals surface area contributed by atoms with Gasteiger partial charge in [0.2, 0.25) is 0 Å². The Bertz CT molecular complexity index is 814. The van der Waals surface area contributed by atoms with Crippen LogP contribution in [0.4, 0.5) is 10.1 Å². The maximum absolute atomic E-state index is 13.7. The Morgan fingerprint density at radius 1 is 1.25 bits per heavy atom. The van der Waals surface area contributed by atoms with Gasteiger partial charge in [0, 0.05) is 6.07 Å². The van der Waals surface area contributed by atoms with E-state index < -0.39 is 5.82 Å². The van der Waals surface area contributed by atoms with Crippen LogP contribution in [-0.2, 0) is 0 Å². The Hall–Kier alpha value is -2.95. The number of anilines is 1. The third-order valence-electron chi connectivity index (χ3n) is 3.63. The minimum Gasteiger partial charge on any atom is -0.486 e. The van der Waals surface area contributed by atoms with Crippen molar-refractivity contribution in [1.82, 2.24) is 0 Å². The van der Waals surface area contributed by atoms with Gasteiger partial charge in [0.1, 0.15) is 30.5 Å². The molecule has 1 aliphatic rings. The molecule has 0 spiro atoms. The lowest BCUT2D eigenvalue weighted by molar-refractivity contribution is 0.170. The summed E-state index contributed by atoms with van der Waals surface area (Å²) in [5.74, 6) is 1.57. The van der Waals surface area contributed by atoms with Crippen molar-refractivity contribution in [3.63, 3.8) is 0 Å². The van der Waals surface area contributed by atoms with Crippen molar-refractivity contribution in [3.05, 3.63) is 66.0 Å². The number of hydrogen-bond acceptors (Lipinski definition) is 4. The number of nitrogens with two attached hydrogens (primary N) is 1. The molecule has 1 heterocycles. The molecule has 0 radical (unpaired) electrons. The van der Waals surface area contributed by atoms with Gasteiger partial charge in [0.05, 0.1) is 11.3 Å². The second-order valence-corrected chi connectivity index (χ2v) is 5.33. The topological polar surface area (TPSA) is 53.7 Å². The fourth-order valence-electron chi connectivity index (χ4n) is 2.49. The summed E-state index contributed by atoms with van der Waals surface area (Å²) >= 11 is 0. The number of hydrogen-bond donors (Lipinski definition) is 1. The lowest BCUT2D eigenvalue weighted by Crippen LogP contribution is -2.17. The van der Waals surface area contributed by atoms with Crippen molar-refractivity contribution in [2.75, 3.05) is 18.9 Å². The number of fused-ring (bicyclic) bond motifs is 1. The van der Waals surface area contributed by atoms with Crippen LogP contribution in [0, 0.1) is 12.7 Å². The third-order valence-corrected chi connectivity index (χ3v) is 3.63. The summed E-state index contributed by atoms with van der Waals surface area (Å²) in [6, 6.07) is 8.10. The van der Waals surface area contributed by atoms with Gasteiger partial charge in [-0.25, -0.2) is 4.39 Å². The zero-order chi connectivity index (χ0) is 17.1. The Morgan fingerprint density at radius 3 is 2.79 bits per heavy atom. The molecule has 5 heteroatoms. The quantitative estimate of drug-likeness (QED) is 0.522. The van der Waals surface area contributed by atoms with E-state index in [-0.39, 0.29) is 5.69 Å². The lowest BCUT2D eigenvalue weighted by Gasteiger charge is -2.23. The molecular formula is C19H18FNO3. The van der Waals surface area contributed by atoms with Crippen molar-refractivity contribution in [3.8, 4) is 17.2 Å². The first-order valence-corrected chi connectivity index (χ1v) is 7.55. The molecule has 0 aliphatic carbocycles. The number of rotatable bonds is 4. The number of aryl methyl sites for hydroxylation is 1. The van der Waals surface area contributed by atoms with Crippen molar-refractivity contribution >= 4 is 11.4 Å². The van der Waals surface area contributed by atoms with Crippen LogP contribution in [0.1, 0.15) is 11.1 Å². The minimum atomic E-state index is -0.531. The van der Waals surface area contributed by atoms with Crippen LogP contribution in [0.2, 0.25) is 0 Å². The highest BCUT2D eigenvalue weighted by atomic mass is 19.1. The average Bonchev–Trinajstić information content (AvgIpc) is 2.58. The van der Waals surface area contributed by atoms with Gasteiger partial charge in [-0.05, 0) is 36.8 Å². The lowest BCUT2D eigenvalue weighted by atomic mass is 10.0. The number of ether oxygens (including phenoxy) is 3. The Kier molecular flexibility index (Phi) is 4.42. The molecule has 0 fully saturated rings. The summed E-state index contributed by atoms with van der Waals surface area (Å²) in [5, 5.41) is 0. The number of nitrogen functional groups attached to an aromatic ring is 1. The van der Waals surface area contributed by atoms with Crippen LogP contribution in [0.5, 0.6) is 17.2 Å². The molecule has 124 valence electrons. The molecule has 3 rings (SSSR count). The molecule has 0 amide bonds.